The molecule has 2 bridgehead atoms. The largest absolute Gasteiger partial charge is 0.334 e. The van der Waals surface area contributed by atoms with Crippen molar-refractivity contribution in [2.75, 3.05) is 13.1 Å². The highest BCUT2D eigenvalue weighted by Crippen LogP contribution is 2.31. The molecule has 0 saturated carbocycles. The molecule has 0 spiro atoms. The van der Waals surface area contributed by atoms with E-state index in [2.05, 4.69) is 6.08 Å². The van der Waals surface area contributed by atoms with Crippen LogP contribution in [0.25, 0.3) is 0 Å². The average Bonchev–Trinajstić information content (AvgIpc) is 2.54. The molecule has 1 aliphatic carbocycles. The molecule has 0 radical (unpaired) electrons. The van der Waals surface area contributed by atoms with Crippen molar-refractivity contribution in [1.82, 2.24) is 4.90 Å². The lowest BCUT2D eigenvalue weighted by Gasteiger charge is -2.22. The van der Waals surface area contributed by atoms with Crippen LogP contribution in [0.4, 0.5) is 0 Å². The topological polar surface area (TPSA) is 46.3 Å². The molecule has 2 atom stereocenters. The van der Waals surface area contributed by atoms with Crippen molar-refractivity contribution >= 4 is 5.91 Å². The first-order chi connectivity index (χ1) is 5.33. The predicted molar refractivity (Wildman–Crippen MR) is 41.8 cm³/mol. The van der Waals surface area contributed by atoms with Gasteiger partial charge in [0.15, 0.2) is 0 Å². The number of nitrogens with two attached hydrogens (primary N) is 1. The zero-order chi connectivity index (χ0) is 7.84. The van der Waals surface area contributed by atoms with Gasteiger partial charge in [0.2, 0.25) is 5.91 Å². The Hall–Kier alpha value is -0.830. The molecule has 11 heavy (non-hydrogen) atoms. The van der Waals surface area contributed by atoms with Crippen molar-refractivity contribution in [3.05, 3.63) is 12.2 Å². The minimum absolute atomic E-state index is 0.173. The summed E-state index contributed by atoms with van der Waals surface area (Å²) in [5.41, 5.74) is 5.38. The molecule has 2 rings (SSSR count). The Morgan fingerprint density at radius 2 is 2.45 bits per heavy atom. The van der Waals surface area contributed by atoms with Crippen molar-refractivity contribution in [2.45, 2.75) is 12.5 Å². The summed E-state index contributed by atoms with van der Waals surface area (Å²) < 4.78 is 0. The number of amides is 1. The van der Waals surface area contributed by atoms with E-state index in [-0.39, 0.29) is 11.8 Å². The molecule has 3 nitrogen and oxygen atoms in total. The van der Waals surface area contributed by atoms with Crippen LogP contribution in [0.3, 0.4) is 0 Å². The maximum absolute atomic E-state index is 11.4. The van der Waals surface area contributed by atoms with E-state index in [9.17, 15) is 4.79 Å². The maximum atomic E-state index is 11.4. The van der Waals surface area contributed by atoms with Crippen LogP contribution in [0, 0.1) is 5.92 Å². The van der Waals surface area contributed by atoms with E-state index in [0.29, 0.717) is 19.1 Å². The third kappa shape index (κ3) is 0.878. The van der Waals surface area contributed by atoms with Gasteiger partial charge in [-0.25, -0.2) is 0 Å². The van der Waals surface area contributed by atoms with Gasteiger partial charge in [0.1, 0.15) is 0 Å². The van der Waals surface area contributed by atoms with Crippen LogP contribution < -0.4 is 5.73 Å². The summed E-state index contributed by atoms with van der Waals surface area (Å²) in [4.78, 5) is 13.3. The number of rotatable bonds is 2. The number of carbonyl (C=O) groups is 1. The highest BCUT2D eigenvalue weighted by atomic mass is 16.2. The van der Waals surface area contributed by atoms with Gasteiger partial charge in [0, 0.05) is 13.1 Å². The number of hydrogen-bond acceptors (Lipinski definition) is 2. The van der Waals surface area contributed by atoms with Gasteiger partial charge in [-0.05, 0) is 6.42 Å². The lowest BCUT2D eigenvalue weighted by atomic mass is 10.1. The first-order valence-corrected chi connectivity index (χ1v) is 4.02. The van der Waals surface area contributed by atoms with E-state index < -0.39 is 0 Å². The zero-order valence-electron chi connectivity index (χ0n) is 6.36. The van der Waals surface area contributed by atoms with Crippen LogP contribution in [-0.2, 0) is 4.79 Å². The van der Waals surface area contributed by atoms with Gasteiger partial charge < -0.3 is 10.6 Å². The number of likely N-dealkylation sites (tertiary alicyclic amines) is 1. The quantitative estimate of drug-likeness (QED) is 0.554. The van der Waals surface area contributed by atoms with E-state index in [1.807, 2.05) is 11.0 Å². The first kappa shape index (κ1) is 6.85. The van der Waals surface area contributed by atoms with Crippen LogP contribution in [0.5, 0.6) is 0 Å². The molecule has 0 aromatic heterocycles. The lowest BCUT2D eigenvalue weighted by molar-refractivity contribution is -0.130. The summed E-state index contributed by atoms with van der Waals surface area (Å²) in [5.74, 6) is 0.439. The second-order valence-electron chi connectivity index (χ2n) is 3.11. The summed E-state index contributed by atoms with van der Waals surface area (Å²) in [5, 5.41) is 0. The Morgan fingerprint density at radius 1 is 1.64 bits per heavy atom. The summed E-state index contributed by atoms with van der Waals surface area (Å²) in [7, 11) is 0. The molecule has 0 aromatic rings. The molecule has 1 heterocycles. The number of carbonyl (C=O) groups excluding carboxylic acids is 1. The Bertz CT molecular complexity index is 212. The summed E-state index contributed by atoms with van der Waals surface area (Å²) in [6.45, 7) is 1.28. The van der Waals surface area contributed by atoms with E-state index >= 15 is 0 Å². The van der Waals surface area contributed by atoms with Gasteiger partial charge in [-0.15, -0.1) is 0 Å². The van der Waals surface area contributed by atoms with E-state index in [0.717, 1.165) is 6.42 Å². The standard InChI is InChI=1S/C8H12N2O/c9-3-4-10-7-2-1-6(5-7)8(10)11/h1-2,6-7H,3-5,9H2/t6-,7+/m0/s1. The van der Waals surface area contributed by atoms with Gasteiger partial charge in [-0.3, -0.25) is 4.79 Å². The normalized spacial score (nSPS) is 33.9. The van der Waals surface area contributed by atoms with E-state index in [4.69, 9.17) is 5.73 Å². The maximum Gasteiger partial charge on any atom is 0.230 e. The molecule has 3 heteroatoms. The lowest BCUT2D eigenvalue weighted by Crippen LogP contribution is -2.38. The number of hydrogen-bond donors (Lipinski definition) is 1. The fourth-order valence-electron chi connectivity index (χ4n) is 1.89. The molecule has 0 aromatic carbocycles. The SMILES string of the molecule is NCCN1C(=O)[C@H]2C=C[C@@H]1C2. The molecule has 2 N–H and O–H groups in total. The summed E-state index contributed by atoms with van der Waals surface area (Å²) >= 11 is 0. The summed E-state index contributed by atoms with van der Waals surface area (Å²) in [6.07, 6.45) is 5.11. The molecular weight excluding hydrogens is 140 g/mol. The van der Waals surface area contributed by atoms with Crippen LogP contribution >= 0.6 is 0 Å². The number of fused-ring (bicyclic) bond motifs is 2. The average molecular weight is 152 g/mol. The fourth-order valence-corrected chi connectivity index (χ4v) is 1.89. The van der Waals surface area contributed by atoms with Gasteiger partial charge >= 0.3 is 0 Å². The van der Waals surface area contributed by atoms with Gasteiger partial charge in [-0.2, -0.15) is 0 Å². The van der Waals surface area contributed by atoms with Gasteiger partial charge in [0.05, 0.1) is 12.0 Å². The Morgan fingerprint density at radius 3 is 3.00 bits per heavy atom. The molecular formula is C8H12N2O. The monoisotopic (exact) mass is 152 g/mol. The van der Waals surface area contributed by atoms with Crippen molar-refractivity contribution < 1.29 is 4.79 Å². The minimum atomic E-state index is 0.173. The summed E-state index contributed by atoms with van der Waals surface area (Å²) in [6, 6.07) is 0.357. The molecule has 1 amide bonds. The Kier molecular flexibility index (Phi) is 1.46. The third-order valence-corrected chi connectivity index (χ3v) is 2.43. The Labute approximate surface area is 65.9 Å². The fraction of sp³-hybridized carbons (Fsp3) is 0.625. The molecule has 1 saturated heterocycles. The van der Waals surface area contributed by atoms with Crippen molar-refractivity contribution in [1.29, 1.82) is 0 Å². The molecule has 2 aliphatic rings. The molecule has 60 valence electrons. The van der Waals surface area contributed by atoms with E-state index in [1.54, 1.807) is 0 Å². The smallest absolute Gasteiger partial charge is 0.230 e. The zero-order valence-corrected chi connectivity index (χ0v) is 6.36. The Balaban J connectivity index is 2.12. The third-order valence-electron chi connectivity index (χ3n) is 2.43. The minimum Gasteiger partial charge on any atom is -0.334 e. The molecule has 0 unspecified atom stereocenters. The number of nitrogens with zero attached hydrogens (tertiary/aromatic N) is 1. The molecule has 1 aliphatic heterocycles. The first-order valence-electron chi connectivity index (χ1n) is 4.02. The second kappa shape index (κ2) is 2.34. The second-order valence-corrected chi connectivity index (χ2v) is 3.11. The van der Waals surface area contributed by atoms with Gasteiger partial charge in [-0.1, -0.05) is 12.2 Å². The highest BCUT2D eigenvalue weighted by molar-refractivity contribution is 5.85. The molecule has 1 fully saturated rings. The van der Waals surface area contributed by atoms with Crippen LogP contribution in [0.15, 0.2) is 12.2 Å². The highest BCUT2D eigenvalue weighted by Gasteiger charge is 2.39. The van der Waals surface area contributed by atoms with Crippen LogP contribution in [0.2, 0.25) is 0 Å². The predicted octanol–water partition coefficient (Wildman–Crippen LogP) is -0.268. The van der Waals surface area contributed by atoms with Crippen LogP contribution in [-0.4, -0.2) is 29.9 Å². The van der Waals surface area contributed by atoms with Crippen LogP contribution in [0.1, 0.15) is 6.42 Å². The van der Waals surface area contributed by atoms with Crippen molar-refractivity contribution in [3.63, 3.8) is 0 Å². The van der Waals surface area contributed by atoms with Gasteiger partial charge in [0.25, 0.3) is 0 Å². The van der Waals surface area contributed by atoms with Crippen molar-refractivity contribution in [2.24, 2.45) is 11.7 Å². The van der Waals surface area contributed by atoms with Crippen molar-refractivity contribution in [3.8, 4) is 0 Å². The van der Waals surface area contributed by atoms with E-state index in [1.165, 1.54) is 0 Å².